The van der Waals surface area contributed by atoms with Crippen molar-refractivity contribution in [2.45, 2.75) is 10.2 Å². The van der Waals surface area contributed by atoms with Crippen LogP contribution in [0.3, 0.4) is 0 Å². The first-order valence-corrected chi connectivity index (χ1v) is 6.59. The SMILES string of the molecule is CSc1ccc(CBr)c(I)c1. The van der Waals surface area contributed by atoms with Crippen molar-refractivity contribution in [2.24, 2.45) is 0 Å². The highest BCUT2D eigenvalue weighted by Gasteiger charge is 1.98. The Labute approximate surface area is 93.4 Å². The third-order valence-electron chi connectivity index (χ3n) is 1.40. The molecule has 0 saturated heterocycles. The molecule has 0 saturated carbocycles. The lowest BCUT2D eigenvalue weighted by Crippen LogP contribution is -1.83. The second-order valence-corrected chi connectivity index (χ2v) is 4.69. The van der Waals surface area contributed by atoms with Gasteiger partial charge in [-0.3, -0.25) is 0 Å². The van der Waals surface area contributed by atoms with Crippen LogP contribution in [0.4, 0.5) is 0 Å². The maximum Gasteiger partial charge on any atom is 0.0293 e. The Morgan fingerprint density at radius 2 is 2.27 bits per heavy atom. The largest absolute Gasteiger partial charge is 0.130 e. The number of benzene rings is 1. The van der Waals surface area contributed by atoms with Crippen molar-refractivity contribution in [1.82, 2.24) is 0 Å². The zero-order valence-electron chi connectivity index (χ0n) is 6.10. The van der Waals surface area contributed by atoms with Crippen LogP contribution in [0.15, 0.2) is 23.1 Å². The molecule has 0 radical (unpaired) electrons. The molecule has 0 spiro atoms. The van der Waals surface area contributed by atoms with Crippen molar-refractivity contribution >= 4 is 50.3 Å². The summed E-state index contributed by atoms with van der Waals surface area (Å²) < 4.78 is 1.34. The Hall–Kier alpha value is 0.780. The summed E-state index contributed by atoms with van der Waals surface area (Å²) in [5.41, 5.74) is 1.36. The Kier molecular flexibility index (Phi) is 4.23. The van der Waals surface area contributed by atoms with Gasteiger partial charge in [-0.15, -0.1) is 11.8 Å². The maximum absolute atomic E-state index is 3.44. The van der Waals surface area contributed by atoms with Crippen molar-refractivity contribution in [1.29, 1.82) is 0 Å². The van der Waals surface area contributed by atoms with Crippen LogP contribution in [0.25, 0.3) is 0 Å². The van der Waals surface area contributed by atoms with E-state index in [0.717, 1.165) is 5.33 Å². The zero-order chi connectivity index (χ0) is 8.27. The van der Waals surface area contributed by atoms with Crippen LogP contribution in [0.1, 0.15) is 5.56 Å². The summed E-state index contributed by atoms with van der Waals surface area (Å²) in [7, 11) is 0. The molecule has 0 heterocycles. The monoisotopic (exact) mass is 342 g/mol. The van der Waals surface area contributed by atoms with Gasteiger partial charge in [0.1, 0.15) is 0 Å². The minimum Gasteiger partial charge on any atom is -0.130 e. The first kappa shape index (κ1) is 9.86. The average molecular weight is 343 g/mol. The van der Waals surface area contributed by atoms with Gasteiger partial charge < -0.3 is 0 Å². The Bertz CT molecular complexity index is 250. The Morgan fingerprint density at radius 1 is 1.55 bits per heavy atom. The first-order chi connectivity index (χ1) is 5.27. The zero-order valence-corrected chi connectivity index (χ0v) is 10.7. The lowest BCUT2D eigenvalue weighted by Gasteiger charge is -2.01. The van der Waals surface area contributed by atoms with Gasteiger partial charge in [0, 0.05) is 13.8 Å². The molecule has 0 amide bonds. The summed E-state index contributed by atoms with van der Waals surface area (Å²) in [6.07, 6.45) is 2.10. The lowest BCUT2D eigenvalue weighted by molar-refractivity contribution is 1.32. The number of hydrogen-bond acceptors (Lipinski definition) is 1. The van der Waals surface area contributed by atoms with Gasteiger partial charge in [-0.25, -0.2) is 0 Å². The van der Waals surface area contributed by atoms with Crippen LogP contribution >= 0.6 is 50.3 Å². The van der Waals surface area contributed by atoms with E-state index in [0.29, 0.717) is 0 Å². The molecule has 0 aliphatic carbocycles. The summed E-state index contributed by atoms with van der Waals surface area (Å²) in [6, 6.07) is 6.54. The van der Waals surface area contributed by atoms with Crippen molar-refractivity contribution in [3.05, 3.63) is 27.3 Å². The molecule has 0 fully saturated rings. The highest BCUT2D eigenvalue weighted by atomic mass is 127. The van der Waals surface area contributed by atoms with E-state index in [1.54, 1.807) is 11.8 Å². The van der Waals surface area contributed by atoms with Crippen LogP contribution in [0.2, 0.25) is 0 Å². The van der Waals surface area contributed by atoms with E-state index in [1.807, 2.05) is 0 Å². The second-order valence-electron chi connectivity index (χ2n) is 2.09. The highest BCUT2D eigenvalue weighted by molar-refractivity contribution is 14.1. The van der Waals surface area contributed by atoms with Crippen LogP contribution in [-0.2, 0) is 5.33 Å². The molecule has 3 heteroatoms. The number of rotatable bonds is 2. The van der Waals surface area contributed by atoms with Gasteiger partial charge >= 0.3 is 0 Å². The van der Waals surface area contributed by atoms with Crippen LogP contribution in [-0.4, -0.2) is 6.26 Å². The molecular weight excluding hydrogens is 335 g/mol. The fourth-order valence-corrected chi connectivity index (χ4v) is 3.13. The molecular formula is C8H8BrIS. The van der Waals surface area contributed by atoms with Gasteiger partial charge in [0.25, 0.3) is 0 Å². The van der Waals surface area contributed by atoms with Crippen molar-refractivity contribution in [3.8, 4) is 0 Å². The minimum atomic E-state index is 0.944. The molecule has 0 bridgehead atoms. The molecule has 0 N–H and O–H groups in total. The number of alkyl halides is 1. The summed E-state index contributed by atoms with van der Waals surface area (Å²) in [6.45, 7) is 0. The lowest BCUT2D eigenvalue weighted by atomic mass is 10.2. The van der Waals surface area contributed by atoms with Crippen LogP contribution < -0.4 is 0 Å². The highest BCUT2D eigenvalue weighted by Crippen LogP contribution is 2.22. The van der Waals surface area contributed by atoms with E-state index in [9.17, 15) is 0 Å². The second kappa shape index (κ2) is 4.72. The molecule has 0 aromatic heterocycles. The third-order valence-corrected chi connectivity index (χ3v) is 3.74. The quantitative estimate of drug-likeness (QED) is 0.446. The smallest absolute Gasteiger partial charge is 0.0293 e. The normalized spacial score (nSPS) is 10.1. The van der Waals surface area contributed by atoms with Gasteiger partial charge in [-0.2, -0.15) is 0 Å². The fraction of sp³-hybridized carbons (Fsp3) is 0.250. The maximum atomic E-state index is 3.44. The van der Waals surface area contributed by atoms with Crippen LogP contribution in [0.5, 0.6) is 0 Å². The Balaban J connectivity index is 2.99. The summed E-state index contributed by atoms with van der Waals surface area (Å²) >= 11 is 7.59. The molecule has 0 nitrogen and oxygen atoms in total. The summed E-state index contributed by atoms with van der Waals surface area (Å²) in [5.74, 6) is 0. The summed E-state index contributed by atoms with van der Waals surface area (Å²) in [4.78, 5) is 1.33. The number of halogens is 2. The average Bonchev–Trinajstić information content (AvgIpc) is 2.04. The molecule has 0 unspecified atom stereocenters. The summed E-state index contributed by atoms with van der Waals surface area (Å²) in [5, 5.41) is 0.944. The van der Waals surface area contributed by atoms with Gasteiger partial charge in [0.05, 0.1) is 0 Å². The standard InChI is InChI=1S/C8H8BrIS/c1-11-7-3-2-6(5-9)8(10)4-7/h2-4H,5H2,1H3. The van der Waals surface area contributed by atoms with Gasteiger partial charge in [0.2, 0.25) is 0 Å². The van der Waals surface area contributed by atoms with E-state index >= 15 is 0 Å². The number of thioether (sulfide) groups is 1. The van der Waals surface area contributed by atoms with Crippen molar-refractivity contribution < 1.29 is 0 Å². The van der Waals surface area contributed by atoms with Gasteiger partial charge in [-0.05, 0) is 46.5 Å². The third kappa shape index (κ3) is 2.63. The predicted octanol–water partition coefficient (Wildman–Crippen LogP) is 3.91. The number of hydrogen-bond donors (Lipinski definition) is 0. The molecule has 60 valence electrons. The van der Waals surface area contributed by atoms with Gasteiger partial charge in [-0.1, -0.05) is 22.0 Å². The molecule has 0 atom stereocenters. The first-order valence-electron chi connectivity index (χ1n) is 3.16. The van der Waals surface area contributed by atoms with Crippen LogP contribution in [0, 0.1) is 3.57 Å². The van der Waals surface area contributed by atoms with E-state index in [1.165, 1.54) is 14.0 Å². The Morgan fingerprint density at radius 3 is 2.73 bits per heavy atom. The van der Waals surface area contributed by atoms with E-state index in [2.05, 4.69) is 63.0 Å². The molecule has 1 aromatic rings. The van der Waals surface area contributed by atoms with E-state index < -0.39 is 0 Å². The molecule has 1 rings (SSSR count). The molecule has 0 aliphatic heterocycles. The topological polar surface area (TPSA) is 0 Å². The molecule has 0 aliphatic rings. The molecule has 1 aromatic carbocycles. The predicted molar refractivity (Wildman–Crippen MR) is 63.6 cm³/mol. The minimum absolute atomic E-state index is 0.944. The van der Waals surface area contributed by atoms with Crippen molar-refractivity contribution in [3.63, 3.8) is 0 Å². The van der Waals surface area contributed by atoms with E-state index in [-0.39, 0.29) is 0 Å². The van der Waals surface area contributed by atoms with E-state index in [4.69, 9.17) is 0 Å². The van der Waals surface area contributed by atoms with Gasteiger partial charge in [0.15, 0.2) is 0 Å². The van der Waals surface area contributed by atoms with Crippen molar-refractivity contribution in [2.75, 3.05) is 6.26 Å². The molecule has 11 heavy (non-hydrogen) atoms. The fourth-order valence-electron chi connectivity index (χ4n) is 0.763.